The molecule has 0 heterocycles. The predicted molar refractivity (Wildman–Crippen MR) is 81.2 cm³/mol. The molecule has 106 valence electrons. The van der Waals surface area contributed by atoms with E-state index in [0.29, 0.717) is 5.11 Å². The van der Waals surface area contributed by atoms with Crippen LogP contribution in [0.3, 0.4) is 0 Å². The van der Waals surface area contributed by atoms with E-state index in [-0.39, 0.29) is 12.3 Å². The minimum absolute atomic E-state index is 0.00766. The molecule has 0 fully saturated rings. The quantitative estimate of drug-likeness (QED) is 0.588. The van der Waals surface area contributed by atoms with E-state index in [9.17, 15) is 0 Å². The van der Waals surface area contributed by atoms with Crippen molar-refractivity contribution < 1.29 is 9.47 Å². The van der Waals surface area contributed by atoms with Gasteiger partial charge < -0.3 is 20.1 Å². The first kappa shape index (κ1) is 15.9. The van der Waals surface area contributed by atoms with E-state index in [1.807, 2.05) is 25.1 Å². The van der Waals surface area contributed by atoms with E-state index in [0.717, 1.165) is 13.0 Å². The summed E-state index contributed by atoms with van der Waals surface area (Å²) >= 11 is 5.23. The largest absolute Gasteiger partial charge is 0.362 e. The Bertz CT molecular complexity index is 369. The molecule has 1 aromatic carbocycles. The molecule has 1 unspecified atom stereocenters. The van der Waals surface area contributed by atoms with Crippen LogP contribution in [0.1, 0.15) is 12.5 Å². The highest BCUT2D eigenvalue weighted by Crippen LogP contribution is 1.99. The minimum atomic E-state index is -0.311. The molecule has 4 nitrogen and oxygen atoms in total. The Morgan fingerprint density at radius 3 is 2.42 bits per heavy atom. The Morgan fingerprint density at radius 1 is 1.21 bits per heavy atom. The number of ether oxygens (including phenoxy) is 2. The van der Waals surface area contributed by atoms with Crippen LogP contribution in [-0.4, -0.2) is 38.2 Å². The summed E-state index contributed by atoms with van der Waals surface area (Å²) in [6.45, 7) is 2.76. The summed E-state index contributed by atoms with van der Waals surface area (Å²) in [7, 11) is 3.22. The second kappa shape index (κ2) is 8.85. The van der Waals surface area contributed by atoms with Gasteiger partial charge in [-0.25, -0.2) is 0 Å². The highest BCUT2D eigenvalue weighted by molar-refractivity contribution is 7.80. The van der Waals surface area contributed by atoms with Gasteiger partial charge in [-0.2, -0.15) is 0 Å². The summed E-state index contributed by atoms with van der Waals surface area (Å²) < 4.78 is 10.3. The Labute approximate surface area is 120 Å². The summed E-state index contributed by atoms with van der Waals surface area (Å²) in [5.41, 5.74) is 1.29. The maximum Gasteiger partial charge on any atom is 0.176 e. The molecular weight excluding hydrogens is 260 g/mol. The first-order valence-corrected chi connectivity index (χ1v) is 6.72. The van der Waals surface area contributed by atoms with Crippen LogP contribution in [0, 0.1) is 0 Å². The van der Waals surface area contributed by atoms with Crippen molar-refractivity contribution in [3.05, 3.63) is 35.9 Å². The zero-order chi connectivity index (χ0) is 14.1. The van der Waals surface area contributed by atoms with E-state index in [2.05, 4.69) is 22.8 Å². The zero-order valence-corrected chi connectivity index (χ0v) is 12.5. The summed E-state index contributed by atoms with van der Waals surface area (Å²) in [4.78, 5) is 0. The predicted octanol–water partition coefficient (Wildman–Crippen LogP) is 1.70. The lowest BCUT2D eigenvalue weighted by atomic mass is 10.1. The van der Waals surface area contributed by atoms with Gasteiger partial charge in [0.2, 0.25) is 0 Å². The molecule has 0 bridgehead atoms. The maximum absolute atomic E-state index is 5.23. The fraction of sp³-hybridized carbons (Fsp3) is 0.500. The van der Waals surface area contributed by atoms with Crippen molar-refractivity contribution in [2.45, 2.75) is 25.7 Å². The van der Waals surface area contributed by atoms with Crippen LogP contribution in [0.25, 0.3) is 0 Å². The summed E-state index contributed by atoms with van der Waals surface area (Å²) in [6.07, 6.45) is 0.628. The Hall–Kier alpha value is -1.17. The molecule has 0 saturated carbocycles. The monoisotopic (exact) mass is 282 g/mol. The van der Waals surface area contributed by atoms with E-state index < -0.39 is 0 Å². The normalized spacial score (nSPS) is 12.2. The van der Waals surface area contributed by atoms with Crippen molar-refractivity contribution in [1.82, 2.24) is 10.6 Å². The molecule has 0 aliphatic heterocycles. The van der Waals surface area contributed by atoms with Gasteiger partial charge in [0.05, 0.1) is 6.04 Å². The molecule has 0 spiro atoms. The molecule has 0 aromatic heterocycles. The van der Waals surface area contributed by atoms with Crippen molar-refractivity contribution in [2.24, 2.45) is 0 Å². The summed E-state index contributed by atoms with van der Waals surface area (Å²) in [6, 6.07) is 10.3. The number of methoxy groups -OCH3 is 2. The number of thiocarbonyl (C=S) groups is 1. The molecule has 0 saturated heterocycles. The average molecular weight is 282 g/mol. The van der Waals surface area contributed by atoms with Crippen LogP contribution in [0.5, 0.6) is 0 Å². The molecule has 19 heavy (non-hydrogen) atoms. The third-order valence-corrected chi connectivity index (χ3v) is 3.04. The van der Waals surface area contributed by atoms with Crippen molar-refractivity contribution >= 4 is 17.3 Å². The lowest BCUT2D eigenvalue weighted by Crippen LogP contribution is -2.47. The molecule has 5 heteroatoms. The number of benzene rings is 1. The van der Waals surface area contributed by atoms with E-state index in [4.69, 9.17) is 21.7 Å². The molecule has 0 radical (unpaired) electrons. The number of nitrogens with one attached hydrogen (secondary N) is 2. The van der Waals surface area contributed by atoms with E-state index >= 15 is 0 Å². The third-order valence-electron chi connectivity index (χ3n) is 2.77. The van der Waals surface area contributed by atoms with Crippen molar-refractivity contribution in [2.75, 3.05) is 20.8 Å². The van der Waals surface area contributed by atoms with Crippen molar-refractivity contribution in [3.63, 3.8) is 0 Å². The van der Waals surface area contributed by atoms with Gasteiger partial charge >= 0.3 is 0 Å². The number of hydrogen-bond acceptors (Lipinski definition) is 3. The lowest BCUT2D eigenvalue weighted by Gasteiger charge is -2.23. The first-order chi connectivity index (χ1) is 9.17. The highest BCUT2D eigenvalue weighted by Gasteiger charge is 2.15. The van der Waals surface area contributed by atoms with E-state index in [1.165, 1.54) is 5.56 Å². The maximum atomic E-state index is 5.23. The van der Waals surface area contributed by atoms with Gasteiger partial charge in [0, 0.05) is 20.8 Å². The topological polar surface area (TPSA) is 42.5 Å². The van der Waals surface area contributed by atoms with Gasteiger partial charge in [-0.05, 0) is 31.1 Å². The Kier molecular flexibility index (Phi) is 7.40. The van der Waals surface area contributed by atoms with Crippen LogP contribution in [-0.2, 0) is 15.9 Å². The standard InChI is InChI=1S/C14H22N2O2S/c1-11(13(17-2)18-3)16-14(19)15-10-9-12-7-5-4-6-8-12/h4-8,11,13H,9-10H2,1-3H3,(H2,15,16,19). The highest BCUT2D eigenvalue weighted by atomic mass is 32.1. The third kappa shape index (κ3) is 6.00. The van der Waals surface area contributed by atoms with Crippen molar-refractivity contribution in [3.8, 4) is 0 Å². The van der Waals surface area contributed by atoms with Crippen LogP contribution >= 0.6 is 12.2 Å². The zero-order valence-electron chi connectivity index (χ0n) is 11.7. The van der Waals surface area contributed by atoms with Gasteiger partial charge in [0.15, 0.2) is 11.4 Å². The van der Waals surface area contributed by atoms with Gasteiger partial charge in [-0.1, -0.05) is 30.3 Å². The fourth-order valence-electron chi connectivity index (χ4n) is 1.80. The summed E-state index contributed by atoms with van der Waals surface area (Å²) in [5, 5.41) is 6.93. The molecule has 0 aliphatic carbocycles. The fourth-order valence-corrected chi connectivity index (χ4v) is 2.08. The molecule has 1 atom stereocenters. The number of rotatable bonds is 7. The molecule has 1 rings (SSSR count). The summed E-state index contributed by atoms with van der Waals surface area (Å²) in [5.74, 6) is 0. The van der Waals surface area contributed by atoms with Crippen LogP contribution in [0.2, 0.25) is 0 Å². The van der Waals surface area contributed by atoms with Gasteiger partial charge in [-0.3, -0.25) is 0 Å². The molecule has 0 aliphatic rings. The average Bonchev–Trinajstić information content (AvgIpc) is 2.41. The number of hydrogen-bond donors (Lipinski definition) is 2. The van der Waals surface area contributed by atoms with Gasteiger partial charge in [0.25, 0.3) is 0 Å². The van der Waals surface area contributed by atoms with Crippen molar-refractivity contribution in [1.29, 1.82) is 0 Å². The van der Waals surface area contributed by atoms with Crippen LogP contribution in [0.15, 0.2) is 30.3 Å². The van der Waals surface area contributed by atoms with Gasteiger partial charge in [-0.15, -0.1) is 0 Å². The van der Waals surface area contributed by atoms with Crippen LogP contribution in [0.4, 0.5) is 0 Å². The smallest absolute Gasteiger partial charge is 0.176 e. The molecule has 0 amide bonds. The first-order valence-electron chi connectivity index (χ1n) is 6.31. The SMILES string of the molecule is COC(OC)C(C)NC(=S)NCCc1ccccc1. The molecule has 2 N–H and O–H groups in total. The second-order valence-corrected chi connectivity index (χ2v) is 4.67. The van der Waals surface area contributed by atoms with E-state index in [1.54, 1.807) is 14.2 Å². The Balaban J connectivity index is 2.24. The molecular formula is C14H22N2O2S. The molecule has 1 aromatic rings. The second-order valence-electron chi connectivity index (χ2n) is 4.26. The van der Waals surface area contributed by atoms with Gasteiger partial charge in [0.1, 0.15) is 0 Å². The minimum Gasteiger partial charge on any atom is -0.362 e. The van der Waals surface area contributed by atoms with Crippen LogP contribution < -0.4 is 10.6 Å². The Morgan fingerprint density at radius 2 is 1.84 bits per heavy atom. The lowest BCUT2D eigenvalue weighted by molar-refractivity contribution is -0.116.